The minimum Gasteiger partial charge on any atom is -0.452 e. The van der Waals surface area contributed by atoms with E-state index in [1.807, 2.05) is 0 Å². The van der Waals surface area contributed by atoms with E-state index in [1.165, 1.54) is 17.1 Å². The molecule has 1 saturated heterocycles. The predicted octanol–water partition coefficient (Wildman–Crippen LogP) is 0.314. The van der Waals surface area contributed by atoms with E-state index in [0.29, 0.717) is 38.1 Å². The van der Waals surface area contributed by atoms with Crippen molar-refractivity contribution in [1.29, 1.82) is 0 Å². The van der Waals surface area contributed by atoms with Gasteiger partial charge in [-0.15, -0.1) is 0 Å². The highest BCUT2D eigenvalue weighted by molar-refractivity contribution is 5.90. The van der Waals surface area contributed by atoms with Crippen LogP contribution in [0.3, 0.4) is 0 Å². The molecule has 0 bridgehead atoms. The first-order valence-electron chi connectivity index (χ1n) is 7.86. The number of amides is 2. The summed E-state index contributed by atoms with van der Waals surface area (Å²) in [5, 5.41) is 6.67. The number of nitrogens with zero attached hydrogens (tertiary/aromatic N) is 3. The van der Waals surface area contributed by atoms with Crippen LogP contribution in [0.15, 0.2) is 12.4 Å². The zero-order valence-electron chi connectivity index (χ0n) is 13.9. The van der Waals surface area contributed by atoms with Crippen LogP contribution in [0.5, 0.6) is 0 Å². The number of nitrogens with one attached hydrogen (secondary N) is 1. The minimum absolute atomic E-state index is 0.0414. The maximum absolute atomic E-state index is 11.9. The topological polar surface area (TPSA) is 103 Å². The Kier molecular flexibility index (Phi) is 6.16. The summed E-state index contributed by atoms with van der Waals surface area (Å²) in [4.78, 5) is 36.8. The average Bonchev–Trinajstić information content (AvgIpc) is 3.00. The Morgan fingerprint density at radius 3 is 2.58 bits per heavy atom. The van der Waals surface area contributed by atoms with Gasteiger partial charge in [0.05, 0.1) is 18.4 Å². The van der Waals surface area contributed by atoms with Crippen molar-refractivity contribution in [2.45, 2.75) is 25.8 Å². The molecule has 0 radical (unpaired) electrons. The maximum atomic E-state index is 11.9. The van der Waals surface area contributed by atoms with Crippen molar-refractivity contribution in [3.05, 3.63) is 18.0 Å². The van der Waals surface area contributed by atoms with E-state index >= 15 is 0 Å². The number of piperidine rings is 1. The van der Waals surface area contributed by atoms with E-state index in [0.717, 1.165) is 0 Å². The molecule has 2 amide bonds. The number of likely N-dealkylation sites (tertiary alicyclic amines) is 1. The monoisotopic (exact) mass is 338 g/mol. The Hall–Kier alpha value is -2.58. The standard InChI is InChI=1S/C15H22N4O5/c1-3-23-15(22)19-6-4-12(5-7-19)17-13(20)10-24-14(21)11-8-16-18(2)9-11/h8-9,12H,3-7,10H2,1-2H3,(H,17,20). The minimum atomic E-state index is -0.588. The van der Waals surface area contributed by atoms with Crippen molar-refractivity contribution >= 4 is 18.0 Å². The lowest BCUT2D eigenvalue weighted by molar-refractivity contribution is -0.125. The van der Waals surface area contributed by atoms with Gasteiger partial charge < -0.3 is 19.7 Å². The van der Waals surface area contributed by atoms with Crippen LogP contribution >= 0.6 is 0 Å². The average molecular weight is 338 g/mol. The summed E-state index contributed by atoms with van der Waals surface area (Å²) in [7, 11) is 1.69. The summed E-state index contributed by atoms with van der Waals surface area (Å²) in [5.74, 6) is -0.947. The Labute approximate surface area is 139 Å². The lowest BCUT2D eigenvalue weighted by Crippen LogP contribution is -2.47. The van der Waals surface area contributed by atoms with E-state index < -0.39 is 5.97 Å². The van der Waals surface area contributed by atoms with Gasteiger partial charge in [0, 0.05) is 32.4 Å². The fraction of sp³-hybridized carbons (Fsp3) is 0.600. The lowest BCUT2D eigenvalue weighted by atomic mass is 10.1. The van der Waals surface area contributed by atoms with Crippen LogP contribution in [-0.2, 0) is 21.3 Å². The molecule has 0 spiro atoms. The molecule has 1 aromatic rings. The first-order chi connectivity index (χ1) is 11.5. The molecule has 0 saturated carbocycles. The van der Waals surface area contributed by atoms with E-state index in [-0.39, 0.29) is 24.6 Å². The number of hydrogen-bond donors (Lipinski definition) is 1. The summed E-state index contributed by atoms with van der Waals surface area (Å²) in [5.41, 5.74) is 0.299. The highest BCUT2D eigenvalue weighted by atomic mass is 16.6. The fourth-order valence-corrected chi connectivity index (χ4v) is 2.43. The predicted molar refractivity (Wildman–Crippen MR) is 83.3 cm³/mol. The van der Waals surface area contributed by atoms with Crippen molar-refractivity contribution in [2.75, 3.05) is 26.3 Å². The summed E-state index contributed by atoms with van der Waals surface area (Å²) >= 11 is 0. The quantitative estimate of drug-likeness (QED) is 0.775. The van der Waals surface area contributed by atoms with Gasteiger partial charge in [-0.25, -0.2) is 9.59 Å². The van der Waals surface area contributed by atoms with Crippen LogP contribution in [0.1, 0.15) is 30.1 Å². The molecule has 0 atom stereocenters. The molecule has 1 aromatic heterocycles. The fourth-order valence-electron chi connectivity index (χ4n) is 2.43. The number of esters is 1. The molecule has 1 aliphatic heterocycles. The van der Waals surface area contributed by atoms with Crippen molar-refractivity contribution < 1.29 is 23.9 Å². The number of carbonyl (C=O) groups is 3. The normalized spacial score (nSPS) is 15.0. The summed E-state index contributed by atoms with van der Waals surface area (Å²) in [6.45, 7) is 2.82. The highest BCUT2D eigenvalue weighted by Gasteiger charge is 2.24. The van der Waals surface area contributed by atoms with Crippen molar-refractivity contribution in [2.24, 2.45) is 7.05 Å². The molecule has 24 heavy (non-hydrogen) atoms. The molecule has 0 aliphatic carbocycles. The van der Waals surface area contributed by atoms with Gasteiger partial charge in [0.15, 0.2) is 6.61 Å². The first-order valence-corrected chi connectivity index (χ1v) is 7.86. The van der Waals surface area contributed by atoms with Gasteiger partial charge in [-0.1, -0.05) is 0 Å². The molecule has 1 fully saturated rings. The van der Waals surface area contributed by atoms with E-state index in [4.69, 9.17) is 9.47 Å². The smallest absolute Gasteiger partial charge is 0.409 e. The third kappa shape index (κ3) is 4.97. The molecular formula is C15H22N4O5. The molecular weight excluding hydrogens is 316 g/mol. The molecule has 1 N–H and O–H groups in total. The van der Waals surface area contributed by atoms with Gasteiger partial charge in [-0.3, -0.25) is 9.48 Å². The molecule has 2 rings (SSSR count). The molecule has 132 valence electrons. The van der Waals surface area contributed by atoms with Crippen LogP contribution in [-0.4, -0.2) is 65.0 Å². The Balaban J connectivity index is 1.68. The Morgan fingerprint density at radius 2 is 2.00 bits per heavy atom. The summed E-state index contributed by atoms with van der Waals surface area (Å²) in [6, 6.07) is -0.0414. The number of ether oxygens (including phenoxy) is 2. The number of aryl methyl sites for hydroxylation is 1. The van der Waals surface area contributed by atoms with Crippen LogP contribution in [0.2, 0.25) is 0 Å². The van der Waals surface area contributed by atoms with Crippen LogP contribution < -0.4 is 5.32 Å². The number of hydrogen-bond acceptors (Lipinski definition) is 6. The highest BCUT2D eigenvalue weighted by Crippen LogP contribution is 2.11. The van der Waals surface area contributed by atoms with Crippen LogP contribution in [0.25, 0.3) is 0 Å². The molecule has 0 unspecified atom stereocenters. The zero-order chi connectivity index (χ0) is 17.5. The second-order valence-electron chi connectivity index (χ2n) is 5.51. The van der Waals surface area contributed by atoms with E-state index in [2.05, 4.69) is 10.4 Å². The molecule has 1 aliphatic rings. The van der Waals surface area contributed by atoms with E-state index in [9.17, 15) is 14.4 Å². The second-order valence-corrected chi connectivity index (χ2v) is 5.51. The van der Waals surface area contributed by atoms with Gasteiger partial charge in [-0.05, 0) is 19.8 Å². The van der Waals surface area contributed by atoms with Gasteiger partial charge in [0.1, 0.15) is 0 Å². The van der Waals surface area contributed by atoms with Crippen LogP contribution in [0, 0.1) is 0 Å². The van der Waals surface area contributed by atoms with Crippen LogP contribution in [0.4, 0.5) is 4.79 Å². The summed E-state index contributed by atoms with van der Waals surface area (Å²) < 4.78 is 11.4. The molecule has 9 nitrogen and oxygen atoms in total. The van der Waals surface area contributed by atoms with Gasteiger partial charge in [-0.2, -0.15) is 5.10 Å². The Morgan fingerprint density at radius 1 is 1.29 bits per heavy atom. The van der Waals surface area contributed by atoms with Gasteiger partial charge in [0.25, 0.3) is 5.91 Å². The second kappa shape index (κ2) is 8.32. The molecule has 2 heterocycles. The third-order valence-electron chi connectivity index (χ3n) is 3.66. The summed E-state index contributed by atoms with van der Waals surface area (Å²) in [6.07, 6.45) is 3.85. The third-order valence-corrected chi connectivity index (χ3v) is 3.66. The lowest BCUT2D eigenvalue weighted by Gasteiger charge is -2.31. The van der Waals surface area contributed by atoms with Crippen molar-refractivity contribution in [3.8, 4) is 0 Å². The largest absolute Gasteiger partial charge is 0.452 e. The maximum Gasteiger partial charge on any atom is 0.409 e. The van der Waals surface area contributed by atoms with E-state index in [1.54, 1.807) is 18.9 Å². The Bertz CT molecular complexity index is 592. The van der Waals surface area contributed by atoms with Crippen molar-refractivity contribution in [1.82, 2.24) is 20.0 Å². The zero-order valence-corrected chi connectivity index (χ0v) is 13.9. The first kappa shape index (κ1) is 17.8. The number of rotatable bonds is 5. The molecule has 0 aromatic carbocycles. The van der Waals surface area contributed by atoms with Crippen molar-refractivity contribution in [3.63, 3.8) is 0 Å². The number of aromatic nitrogens is 2. The van der Waals surface area contributed by atoms with Gasteiger partial charge >= 0.3 is 12.1 Å². The van der Waals surface area contributed by atoms with Gasteiger partial charge in [0.2, 0.25) is 0 Å². The SMILES string of the molecule is CCOC(=O)N1CCC(NC(=O)COC(=O)c2cnn(C)c2)CC1. The number of carbonyl (C=O) groups excluding carboxylic acids is 3. The molecule has 9 heteroatoms.